The van der Waals surface area contributed by atoms with Crippen molar-refractivity contribution in [2.24, 2.45) is 0 Å². The second-order valence-electron chi connectivity index (χ2n) is 5.50. The Morgan fingerprint density at radius 2 is 1.95 bits per heavy atom. The number of rotatable bonds is 7. The first-order valence-electron chi connectivity index (χ1n) is 7.77. The van der Waals surface area contributed by atoms with E-state index in [0.29, 0.717) is 5.82 Å². The molecule has 1 aliphatic heterocycles. The molecule has 3 rings (SSSR count). The third-order valence-electron chi connectivity index (χ3n) is 3.96. The van der Waals surface area contributed by atoms with Crippen LogP contribution >= 0.6 is 11.3 Å². The predicted molar refractivity (Wildman–Crippen MR) is 85.9 cm³/mol. The summed E-state index contributed by atoms with van der Waals surface area (Å²) < 4.78 is 5.32. The number of aliphatic hydroxyl groups excluding tert-OH is 1. The number of thiophene rings is 1. The van der Waals surface area contributed by atoms with Gasteiger partial charge in [0, 0.05) is 39.1 Å². The lowest BCUT2D eigenvalue weighted by Crippen LogP contribution is -2.47. The third kappa shape index (κ3) is 4.13. The van der Waals surface area contributed by atoms with Crippen LogP contribution in [0.2, 0.25) is 0 Å². The molecule has 2 aromatic rings. The Morgan fingerprint density at radius 3 is 2.64 bits per heavy atom. The molecule has 0 unspecified atom stereocenters. The minimum atomic E-state index is 0.254. The molecule has 7 heteroatoms. The molecule has 6 nitrogen and oxygen atoms in total. The van der Waals surface area contributed by atoms with Crippen molar-refractivity contribution in [2.75, 3.05) is 45.9 Å². The summed E-state index contributed by atoms with van der Waals surface area (Å²) in [5.74, 6) is 1.42. The summed E-state index contributed by atoms with van der Waals surface area (Å²) in [6.45, 7) is 6.34. The van der Waals surface area contributed by atoms with Crippen LogP contribution in [0.15, 0.2) is 22.0 Å². The van der Waals surface area contributed by atoms with Gasteiger partial charge >= 0.3 is 0 Å². The summed E-state index contributed by atoms with van der Waals surface area (Å²) in [6.07, 6.45) is 1.86. The maximum absolute atomic E-state index is 8.94. The van der Waals surface area contributed by atoms with Gasteiger partial charge in [0.2, 0.25) is 11.7 Å². The quantitative estimate of drug-likeness (QED) is 0.830. The summed E-state index contributed by atoms with van der Waals surface area (Å²) >= 11 is 1.62. The van der Waals surface area contributed by atoms with E-state index in [1.165, 1.54) is 0 Å². The van der Waals surface area contributed by atoms with Crippen LogP contribution in [-0.4, -0.2) is 70.9 Å². The second kappa shape index (κ2) is 7.82. The van der Waals surface area contributed by atoms with Crippen LogP contribution in [0.4, 0.5) is 0 Å². The molecule has 0 aliphatic carbocycles. The molecule has 22 heavy (non-hydrogen) atoms. The van der Waals surface area contributed by atoms with Gasteiger partial charge in [-0.25, -0.2) is 0 Å². The van der Waals surface area contributed by atoms with Crippen LogP contribution in [0.3, 0.4) is 0 Å². The number of aliphatic hydroxyl groups is 1. The van der Waals surface area contributed by atoms with E-state index in [-0.39, 0.29) is 6.61 Å². The van der Waals surface area contributed by atoms with Crippen molar-refractivity contribution in [3.8, 4) is 10.7 Å². The predicted octanol–water partition coefficient (Wildman–Crippen LogP) is 1.34. The van der Waals surface area contributed by atoms with Gasteiger partial charge in [0.25, 0.3) is 0 Å². The number of aryl methyl sites for hydroxylation is 1. The van der Waals surface area contributed by atoms with Gasteiger partial charge in [0.15, 0.2) is 0 Å². The van der Waals surface area contributed by atoms with Crippen molar-refractivity contribution in [3.63, 3.8) is 0 Å². The Bertz CT molecular complexity index is 550. The molecule has 0 saturated carbocycles. The van der Waals surface area contributed by atoms with Crippen molar-refractivity contribution in [3.05, 3.63) is 23.4 Å². The lowest BCUT2D eigenvalue weighted by Gasteiger charge is -2.34. The summed E-state index contributed by atoms with van der Waals surface area (Å²) in [5, 5.41) is 15.0. The second-order valence-corrected chi connectivity index (χ2v) is 6.45. The highest BCUT2D eigenvalue weighted by atomic mass is 32.1. The largest absolute Gasteiger partial charge is 0.395 e. The van der Waals surface area contributed by atoms with Crippen LogP contribution in [0.1, 0.15) is 12.3 Å². The molecule has 0 aromatic carbocycles. The van der Waals surface area contributed by atoms with Crippen molar-refractivity contribution in [1.82, 2.24) is 19.9 Å². The van der Waals surface area contributed by atoms with E-state index in [9.17, 15) is 0 Å². The van der Waals surface area contributed by atoms with Gasteiger partial charge in [0.05, 0.1) is 11.5 Å². The highest BCUT2D eigenvalue weighted by Crippen LogP contribution is 2.21. The van der Waals surface area contributed by atoms with Gasteiger partial charge < -0.3 is 14.5 Å². The van der Waals surface area contributed by atoms with Crippen LogP contribution in [0.5, 0.6) is 0 Å². The van der Waals surface area contributed by atoms with E-state index in [0.717, 1.165) is 62.9 Å². The van der Waals surface area contributed by atoms with E-state index in [1.54, 1.807) is 11.3 Å². The Kier molecular flexibility index (Phi) is 5.55. The van der Waals surface area contributed by atoms with E-state index in [4.69, 9.17) is 9.63 Å². The summed E-state index contributed by atoms with van der Waals surface area (Å²) in [4.78, 5) is 10.3. The van der Waals surface area contributed by atoms with Crippen molar-refractivity contribution in [1.29, 1.82) is 0 Å². The number of piperazine rings is 1. The first kappa shape index (κ1) is 15.6. The number of hydrogen-bond donors (Lipinski definition) is 1. The molecule has 0 amide bonds. The zero-order valence-corrected chi connectivity index (χ0v) is 13.5. The molecule has 0 radical (unpaired) electrons. The minimum Gasteiger partial charge on any atom is -0.395 e. The van der Waals surface area contributed by atoms with E-state index < -0.39 is 0 Å². The molecule has 1 saturated heterocycles. The van der Waals surface area contributed by atoms with Crippen LogP contribution in [0, 0.1) is 0 Å². The average molecular weight is 322 g/mol. The Hall–Kier alpha value is -1.28. The standard InChI is InChI=1S/C15H22N4O2S/c20-11-10-19-8-6-18(7-9-19)5-1-4-14-16-15(17-21-14)13-3-2-12-22-13/h2-3,12,20H,1,4-11H2. The number of aromatic nitrogens is 2. The highest BCUT2D eigenvalue weighted by molar-refractivity contribution is 7.13. The summed E-state index contributed by atoms with van der Waals surface area (Å²) in [5.41, 5.74) is 0. The number of hydrogen-bond acceptors (Lipinski definition) is 7. The lowest BCUT2D eigenvalue weighted by molar-refractivity contribution is 0.111. The Labute approximate surface area is 134 Å². The Balaban J connectivity index is 1.39. The first-order chi connectivity index (χ1) is 10.8. The molecule has 0 spiro atoms. The first-order valence-corrected chi connectivity index (χ1v) is 8.65. The molecule has 120 valence electrons. The van der Waals surface area contributed by atoms with Crippen LogP contribution < -0.4 is 0 Å². The number of β-amino-alcohol motifs (C(OH)–C–C–N with tert-alkyl or cyclic N) is 1. The molecular weight excluding hydrogens is 300 g/mol. The maximum Gasteiger partial charge on any atom is 0.227 e. The average Bonchev–Trinajstić information content (AvgIpc) is 3.20. The molecule has 3 heterocycles. The van der Waals surface area contributed by atoms with Crippen molar-refractivity contribution >= 4 is 11.3 Å². The minimum absolute atomic E-state index is 0.254. The molecule has 1 aliphatic rings. The van der Waals surface area contributed by atoms with E-state index in [1.807, 2.05) is 17.5 Å². The van der Waals surface area contributed by atoms with Crippen molar-refractivity contribution < 1.29 is 9.63 Å². The smallest absolute Gasteiger partial charge is 0.227 e. The summed E-state index contributed by atoms with van der Waals surface area (Å²) in [6, 6.07) is 4.00. The fraction of sp³-hybridized carbons (Fsp3) is 0.600. The van der Waals surface area contributed by atoms with Crippen molar-refractivity contribution in [2.45, 2.75) is 12.8 Å². The topological polar surface area (TPSA) is 65.6 Å². The fourth-order valence-corrected chi connectivity index (χ4v) is 3.34. The molecule has 0 atom stereocenters. The van der Waals surface area contributed by atoms with E-state index in [2.05, 4.69) is 19.9 Å². The van der Waals surface area contributed by atoms with Gasteiger partial charge in [-0.05, 0) is 24.4 Å². The molecule has 1 N–H and O–H groups in total. The highest BCUT2D eigenvalue weighted by Gasteiger charge is 2.16. The Morgan fingerprint density at radius 1 is 1.18 bits per heavy atom. The van der Waals surface area contributed by atoms with Gasteiger partial charge in [-0.3, -0.25) is 4.90 Å². The normalized spacial score (nSPS) is 17.1. The zero-order valence-electron chi connectivity index (χ0n) is 12.6. The molecule has 1 fully saturated rings. The zero-order chi connectivity index (χ0) is 15.2. The van der Waals surface area contributed by atoms with Gasteiger partial charge in [-0.2, -0.15) is 4.98 Å². The maximum atomic E-state index is 8.94. The van der Waals surface area contributed by atoms with Crippen LogP contribution in [0.25, 0.3) is 10.7 Å². The molecule has 0 bridgehead atoms. The van der Waals surface area contributed by atoms with Gasteiger partial charge in [-0.15, -0.1) is 11.3 Å². The molecule has 2 aromatic heterocycles. The van der Waals surface area contributed by atoms with E-state index >= 15 is 0 Å². The summed E-state index contributed by atoms with van der Waals surface area (Å²) in [7, 11) is 0. The third-order valence-corrected chi connectivity index (χ3v) is 4.82. The number of nitrogens with zero attached hydrogens (tertiary/aromatic N) is 4. The monoisotopic (exact) mass is 322 g/mol. The van der Waals surface area contributed by atoms with Gasteiger partial charge in [-0.1, -0.05) is 11.2 Å². The molecular formula is C15H22N4O2S. The van der Waals surface area contributed by atoms with Gasteiger partial charge in [0.1, 0.15) is 0 Å². The SMILES string of the molecule is OCCN1CCN(CCCc2nc(-c3cccs3)no2)CC1. The lowest BCUT2D eigenvalue weighted by atomic mass is 10.2. The van der Waals surface area contributed by atoms with Crippen LogP contribution in [-0.2, 0) is 6.42 Å². The fourth-order valence-electron chi connectivity index (χ4n) is 2.69.